The van der Waals surface area contributed by atoms with E-state index in [0.29, 0.717) is 29.5 Å². The molecule has 5 nitrogen and oxygen atoms in total. The fraction of sp³-hybridized carbons (Fsp3) is 0.412. The number of aromatic amines is 1. The van der Waals surface area contributed by atoms with Gasteiger partial charge in [-0.1, -0.05) is 18.2 Å². The van der Waals surface area contributed by atoms with Gasteiger partial charge in [0, 0.05) is 30.1 Å². The number of hydrogen-bond donors (Lipinski definition) is 1. The molecule has 2 aromatic rings. The van der Waals surface area contributed by atoms with Crippen LogP contribution in [0.15, 0.2) is 35.3 Å². The molecule has 2 heterocycles. The zero-order chi connectivity index (χ0) is 15.5. The van der Waals surface area contributed by atoms with Crippen LogP contribution in [-0.2, 0) is 4.74 Å². The van der Waals surface area contributed by atoms with E-state index in [2.05, 4.69) is 4.98 Å². The van der Waals surface area contributed by atoms with Crippen molar-refractivity contribution in [3.05, 3.63) is 46.4 Å². The van der Waals surface area contributed by atoms with Crippen molar-refractivity contribution in [2.45, 2.75) is 25.8 Å². The van der Waals surface area contributed by atoms with Gasteiger partial charge in [0.2, 0.25) is 0 Å². The lowest BCUT2D eigenvalue weighted by Gasteiger charge is -2.25. The summed E-state index contributed by atoms with van der Waals surface area (Å²) < 4.78 is 5.49. The molecule has 0 bridgehead atoms. The number of nitrogens with zero attached hydrogens (tertiary/aromatic N) is 1. The number of fused-ring (bicyclic) bond motifs is 1. The van der Waals surface area contributed by atoms with Gasteiger partial charge in [-0.05, 0) is 25.8 Å². The van der Waals surface area contributed by atoms with Gasteiger partial charge >= 0.3 is 0 Å². The smallest absolute Gasteiger partial charge is 0.256 e. The summed E-state index contributed by atoms with van der Waals surface area (Å²) >= 11 is 0. The van der Waals surface area contributed by atoms with E-state index in [4.69, 9.17) is 4.74 Å². The van der Waals surface area contributed by atoms with Crippen LogP contribution in [0.1, 0.15) is 30.1 Å². The van der Waals surface area contributed by atoms with E-state index in [1.807, 2.05) is 24.0 Å². The summed E-state index contributed by atoms with van der Waals surface area (Å²) in [7, 11) is 0. The number of nitrogens with one attached hydrogen (secondary N) is 1. The first-order valence-corrected chi connectivity index (χ1v) is 7.71. The van der Waals surface area contributed by atoms with E-state index in [1.54, 1.807) is 12.1 Å². The van der Waals surface area contributed by atoms with Crippen LogP contribution in [0.2, 0.25) is 0 Å². The zero-order valence-corrected chi connectivity index (χ0v) is 12.7. The molecule has 1 aliphatic rings. The Kier molecular flexibility index (Phi) is 4.24. The molecule has 0 saturated carbocycles. The Bertz CT molecular complexity index is 738. The first kappa shape index (κ1) is 14.8. The number of pyridine rings is 1. The quantitative estimate of drug-likeness (QED) is 0.941. The Morgan fingerprint density at radius 1 is 1.36 bits per heavy atom. The lowest BCUT2D eigenvalue weighted by Crippen LogP contribution is -2.38. The van der Waals surface area contributed by atoms with Crippen LogP contribution in [0.4, 0.5) is 0 Å². The van der Waals surface area contributed by atoms with E-state index in [1.165, 1.54) is 6.20 Å². The third-order valence-corrected chi connectivity index (χ3v) is 4.19. The van der Waals surface area contributed by atoms with Crippen LogP contribution in [0, 0.1) is 0 Å². The van der Waals surface area contributed by atoms with Crippen molar-refractivity contribution < 1.29 is 9.53 Å². The van der Waals surface area contributed by atoms with Crippen LogP contribution in [-0.4, -0.2) is 41.6 Å². The summed E-state index contributed by atoms with van der Waals surface area (Å²) in [4.78, 5) is 29.3. The summed E-state index contributed by atoms with van der Waals surface area (Å²) in [5, 5.41) is 1.26. The topological polar surface area (TPSA) is 62.4 Å². The van der Waals surface area contributed by atoms with E-state index < -0.39 is 0 Å². The summed E-state index contributed by atoms with van der Waals surface area (Å²) in [6, 6.07) is 7.34. The number of ether oxygens (including phenoxy) is 1. The molecule has 1 saturated heterocycles. The molecule has 3 rings (SSSR count). The lowest BCUT2D eigenvalue weighted by atomic mass is 10.1. The molecule has 1 amide bonds. The van der Waals surface area contributed by atoms with E-state index >= 15 is 0 Å². The van der Waals surface area contributed by atoms with Crippen molar-refractivity contribution in [1.82, 2.24) is 9.88 Å². The molecule has 1 fully saturated rings. The second kappa shape index (κ2) is 6.32. The number of rotatable bonds is 4. The molecule has 1 aromatic heterocycles. The van der Waals surface area contributed by atoms with Gasteiger partial charge in [0.25, 0.3) is 11.5 Å². The predicted octanol–water partition coefficient (Wildman–Crippen LogP) is 2.17. The van der Waals surface area contributed by atoms with Gasteiger partial charge in [0.15, 0.2) is 0 Å². The fourth-order valence-corrected chi connectivity index (χ4v) is 3.07. The van der Waals surface area contributed by atoms with Gasteiger partial charge in [-0.2, -0.15) is 0 Å². The molecule has 0 aliphatic carbocycles. The molecule has 0 spiro atoms. The molecule has 1 aromatic carbocycles. The van der Waals surface area contributed by atoms with Gasteiger partial charge < -0.3 is 14.6 Å². The number of amides is 1. The molecule has 1 N–H and O–H groups in total. The maximum Gasteiger partial charge on any atom is 0.256 e. The highest BCUT2D eigenvalue weighted by Crippen LogP contribution is 2.23. The van der Waals surface area contributed by atoms with Crippen molar-refractivity contribution >= 4 is 16.7 Å². The minimum Gasteiger partial charge on any atom is -0.380 e. The average Bonchev–Trinajstić information content (AvgIpc) is 3.01. The van der Waals surface area contributed by atoms with Crippen molar-refractivity contribution in [2.75, 3.05) is 19.8 Å². The monoisotopic (exact) mass is 300 g/mol. The van der Waals surface area contributed by atoms with Crippen molar-refractivity contribution in [3.63, 3.8) is 0 Å². The zero-order valence-electron chi connectivity index (χ0n) is 12.7. The fourth-order valence-electron chi connectivity index (χ4n) is 3.07. The van der Waals surface area contributed by atoms with E-state index in [0.717, 1.165) is 19.4 Å². The van der Waals surface area contributed by atoms with Crippen molar-refractivity contribution in [1.29, 1.82) is 0 Å². The molecule has 0 radical (unpaired) electrons. The van der Waals surface area contributed by atoms with E-state index in [-0.39, 0.29) is 17.5 Å². The van der Waals surface area contributed by atoms with Gasteiger partial charge in [0.05, 0.1) is 18.2 Å². The first-order chi connectivity index (χ1) is 10.7. The van der Waals surface area contributed by atoms with Crippen LogP contribution in [0.25, 0.3) is 10.8 Å². The molecule has 22 heavy (non-hydrogen) atoms. The Balaban J connectivity index is 1.95. The Morgan fingerprint density at radius 2 is 2.14 bits per heavy atom. The molecule has 116 valence electrons. The van der Waals surface area contributed by atoms with E-state index in [9.17, 15) is 9.59 Å². The Hall–Kier alpha value is -2.14. The molecular formula is C17H20N2O3. The van der Waals surface area contributed by atoms with Crippen LogP contribution in [0.5, 0.6) is 0 Å². The number of hydrogen-bond acceptors (Lipinski definition) is 3. The minimum atomic E-state index is -0.167. The summed E-state index contributed by atoms with van der Waals surface area (Å²) in [5.41, 5.74) is 0.387. The first-order valence-electron chi connectivity index (χ1n) is 7.71. The molecule has 1 aliphatic heterocycles. The molecule has 5 heteroatoms. The standard InChI is InChI=1S/C17H20N2O3/c1-2-22-11-12-6-5-9-19(12)17(21)15-10-18-16(20)14-8-4-3-7-13(14)15/h3-4,7-8,10,12H,2,5-6,9,11H2,1H3,(H,18,20)/t12-/m1/s1. The third kappa shape index (κ3) is 2.64. The summed E-state index contributed by atoms with van der Waals surface area (Å²) in [6.07, 6.45) is 3.49. The average molecular weight is 300 g/mol. The molecule has 0 unspecified atom stereocenters. The number of carbonyl (C=O) groups excluding carboxylic acids is 1. The summed E-state index contributed by atoms with van der Waals surface area (Å²) in [6.45, 7) is 3.92. The van der Waals surface area contributed by atoms with Crippen molar-refractivity contribution in [2.24, 2.45) is 0 Å². The number of benzene rings is 1. The highest BCUT2D eigenvalue weighted by atomic mass is 16.5. The van der Waals surface area contributed by atoms with Gasteiger partial charge in [0.1, 0.15) is 0 Å². The predicted molar refractivity (Wildman–Crippen MR) is 85.1 cm³/mol. The van der Waals surface area contributed by atoms with Crippen LogP contribution >= 0.6 is 0 Å². The molecule has 1 atom stereocenters. The van der Waals surface area contributed by atoms with Crippen LogP contribution in [0.3, 0.4) is 0 Å². The number of carbonyl (C=O) groups is 1. The van der Waals surface area contributed by atoms with Gasteiger partial charge in [-0.3, -0.25) is 9.59 Å². The second-order valence-corrected chi connectivity index (χ2v) is 5.53. The maximum atomic E-state index is 12.9. The maximum absolute atomic E-state index is 12.9. The Labute approximate surface area is 128 Å². The highest BCUT2D eigenvalue weighted by molar-refractivity contribution is 6.06. The Morgan fingerprint density at radius 3 is 2.91 bits per heavy atom. The normalized spacial score (nSPS) is 18.0. The third-order valence-electron chi connectivity index (χ3n) is 4.19. The largest absolute Gasteiger partial charge is 0.380 e. The van der Waals surface area contributed by atoms with Crippen LogP contribution < -0.4 is 5.56 Å². The minimum absolute atomic E-state index is 0.0327. The summed E-state index contributed by atoms with van der Waals surface area (Å²) in [5.74, 6) is -0.0327. The van der Waals surface area contributed by atoms with Gasteiger partial charge in [-0.25, -0.2) is 0 Å². The van der Waals surface area contributed by atoms with Crippen molar-refractivity contribution in [3.8, 4) is 0 Å². The molecular weight excluding hydrogens is 280 g/mol. The lowest BCUT2D eigenvalue weighted by molar-refractivity contribution is 0.0566. The number of likely N-dealkylation sites (tertiary alicyclic amines) is 1. The highest BCUT2D eigenvalue weighted by Gasteiger charge is 2.30. The number of H-pyrrole nitrogens is 1. The number of aromatic nitrogens is 1. The SMILES string of the molecule is CCOC[C@H]1CCCN1C(=O)c1c[nH]c(=O)c2ccccc12. The second-order valence-electron chi connectivity index (χ2n) is 5.53. The van der Waals surface area contributed by atoms with Gasteiger partial charge in [-0.15, -0.1) is 0 Å².